The molecule has 0 saturated heterocycles. The second-order valence-electron chi connectivity index (χ2n) is 3.56. The van der Waals surface area contributed by atoms with Crippen LogP contribution in [0, 0.1) is 5.82 Å². The molecule has 1 rings (SSSR count). The molecule has 1 aromatic carbocycles. The molecule has 0 spiro atoms. The average Bonchev–Trinajstić information content (AvgIpc) is 2.35. The second kappa shape index (κ2) is 9.32. The zero-order valence-corrected chi connectivity index (χ0v) is 12.4. The summed E-state index contributed by atoms with van der Waals surface area (Å²) in [6, 6.07) is 5.36. The van der Waals surface area contributed by atoms with E-state index in [4.69, 9.17) is 5.73 Å². The fourth-order valence-corrected chi connectivity index (χ4v) is 1.29. The summed E-state index contributed by atoms with van der Waals surface area (Å²) in [5.41, 5.74) is 5.93. The molecule has 0 aliphatic heterocycles. The van der Waals surface area contributed by atoms with Gasteiger partial charge in [-0.2, -0.15) is 0 Å². The smallest absolute Gasteiger partial charge is 0.251 e. The highest BCUT2D eigenvalue weighted by atomic mass is 79.9. The normalized spacial score (nSPS) is 10.5. The van der Waals surface area contributed by atoms with Gasteiger partial charge in [0.2, 0.25) is 0 Å². The van der Waals surface area contributed by atoms with Crippen molar-refractivity contribution >= 4 is 28.8 Å². The Kier molecular flexibility index (Phi) is 8.52. The van der Waals surface area contributed by atoms with E-state index in [0.717, 1.165) is 0 Å². The van der Waals surface area contributed by atoms with E-state index >= 15 is 0 Å². The molecule has 106 valence electrons. The summed E-state index contributed by atoms with van der Waals surface area (Å²) < 4.78 is 12.6. The van der Waals surface area contributed by atoms with Crippen LogP contribution in [0.25, 0.3) is 0 Å². The van der Waals surface area contributed by atoms with Gasteiger partial charge in [0.15, 0.2) is 5.96 Å². The van der Waals surface area contributed by atoms with E-state index in [2.05, 4.69) is 15.6 Å². The van der Waals surface area contributed by atoms with Crippen molar-refractivity contribution in [2.45, 2.75) is 6.92 Å². The molecule has 0 heterocycles. The summed E-state index contributed by atoms with van der Waals surface area (Å²) in [7, 11) is 0. The highest BCUT2D eigenvalue weighted by molar-refractivity contribution is 8.93. The monoisotopic (exact) mass is 332 g/mol. The lowest BCUT2D eigenvalue weighted by atomic mass is 10.2. The van der Waals surface area contributed by atoms with E-state index in [-0.39, 0.29) is 28.7 Å². The maximum Gasteiger partial charge on any atom is 0.251 e. The van der Waals surface area contributed by atoms with E-state index in [9.17, 15) is 9.18 Å². The van der Waals surface area contributed by atoms with Crippen LogP contribution in [-0.2, 0) is 0 Å². The molecule has 0 aromatic heterocycles. The number of nitrogens with zero attached hydrogens (tertiary/aromatic N) is 1. The van der Waals surface area contributed by atoms with Gasteiger partial charge in [-0.15, -0.1) is 17.0 Å². The molecular formula is C12H18BrFN4O. The number of amides is 1. The summed E-state index contributed by atoms with van der Waals surface area (Å²) in [6.07, 6.45) is 0. The number of nitrogens with two attached hydrogens (primary N) is 1. The zero-order valence-electron chi connectivity index (χ0n) is 10.6. The number of guanidine groups is 1. The summed E-state index contributed by atoms with van der Waals surface area (Å²) in [4.78, 5) is 15.6. The molecule has 4 N–H and O–H groups in total. The Morgan fingerprint density at radius 1 is 1.32 bits per heavy atom. The van der Waals surface area contributed by atoms with Crippen molar-refractivity contribution in [2.24, 2.45) is 10.7 Å². The Morgan fingerprint density at radius 3 is 2.53 bits per heavy atom. The number of halogens is 2. The first-order chi connectivity index (χ1) is 8.63. The molecule has 0 atom stereocenters. The maximum absolute atomic E-state index is 12.6. The van der Waals surface area contributed by atoms with E-state index in [1.165, 1.54) is 24.3 Å². The van der Waals surface area contributed by atoms with Gasteiger partial charge in [0.05, 0.1) is 6.54 Å². The van der Waals surface area contributed by atoms with Gasteiger partial charge in [-0.25, -0.2) is 4.39 Å². The number of carbonyl (C=O) groups is 1. The molecule has 0 aliphatic carbocycles. The van der Waals surface area contributed by atoms with E-state index < -0.39 is 0 Å². The van der Waals surface area contributed by atoms with Crippen molar-refractivity contribution < 1.29 is 9.18 Å². The fraction of sp³-hybridized carbons (Fsp3) is 0.333. The van der Waals surface area contributed by atoms with Crippen LogP contribution >= 0.6 is 17.0 Å². The molecule has 19 heavy (non-hydrogen) atoms. The van der Waals surface area contributed by atoms with Crippen LogP contribution in [0.5, 0.6) is 0 Å². The Bertz CT molecular complexity index is 422. The molecule has 0 unspecified atom stereocenters. The van der Waals surface area contributed by atoms with Gasteiger partial charge < -0.3 is 16.4 Å². The van der Waals surface area contributed by atoms with E-state index in [1.54, 1.807) is 0 Å². The predicted octanol–water partition coefficient (Wildman–Crippen LogP) is 1.06. The molecular weight excluding hydrogens is 315 g/mol. The first-order valence-corrected chi connectivity index (χ1v) is 5.71. The van der Waals surface area contributed by atoms with Gasteiger partial charge in [-0.3, -0.25) is 9.79 Å². The molecule has 0 bridgehead atoms. The van der Waals surface area contributed by atoms with Gasteiger partial charge in [0.25, 0.3) is 5.91 Å². The van der Waals surface area contributed by atoms with Crippen molar-refractivity contribution in [2.75, 3.05) is 19.6 Å². The highest BCUT2D eigenvalue weighted by Crippen LogP contribution is 2.01. The molecule has 1 amide bonds. The molecule has 1 aromatic rings. The second-order valence-corrected chi connectivity index (χ2v) is 3.56. The largest absolute Gasteiger partial charge is 0.370 e. The zero-order chi connectivity index (χ0) is 13.4. The first-order valence-electron chi connectivity index (χ1n) is 5.71. The summed E-state index contributed by atoms with van der Waals surface area (Å²) in [5.74, 6) is -0.268. The Balaban J connectivity index is 0.00000324. The summed E-state index contributed by atoms with van der Waals surface area (Å²) in [6.45, 7) is 3.39. The van der Waals surface area contributed by atoms with Gasteiger partial charge in [-0.05, 0) is 31.2 Å². The van der Waals surface area contributed by atoms with Crippen LogP contribution in [-0.4, -0.2) is 31.5 Å². The van der Waals surface area contributed by atoms with Gasteiger partial charge in [0.1, 0.15) is 5.82 Å². The first kappa shape index (κ1) is 17.4. The number of nitrogens with one attached hydrogen (secondary N) is 2. The van der Waals surface area contributed by atoms with Crippen LogP contribution in [0.15, 0.2) is 29.3 Å². The minimum Gasteiger partial charge on any atom is -0.370 e. The fourth-order valence-electron chi connectivity index (χ4n) is 1.29. The van der Waals surface area contributed by atoms with Crippen LogP contribution in [0.1, 0.15) is 17.3 Å². The minimum atomic E-state index is -0.366. The van der Waals surface area contributed by atoms with Crippen molar-refractivity contribution in [1.82, 2.24) is 10.6 Å². The third kappa shape index (κ3) is 6.76. The van der Waals surface area contributed by atoms with Gasteiger partial charge in [-0.1, -0.05) is 0 Å². The quantitative estimate of drug-likeness (QED) is 0.428. The van der Waals surface area contributed by atoms with Gasteiger partial charge >= 0.3 is 0 Å². The molecule has 0 fully saturated rings. The molecule has 0 radical (unpaired) electrons. The Hall–Kier alpha value is -1.63. The summed E-state index contributed by atoms with van der Waals surface area (Å²) in [5, 5.41) is 5.51. The average molecular weight is 333 g/mol. The number of aliphatic imine (C=N–C) groups is 1. The van der Waals surface area contributed by atoms with Gasteiger partial charge in [0, 0.05) is 18.7 Å². The number of hydrogen-bond donors (Lipinski definition) is 3. The Morgan fingerprint density at radius 2 is 1.95 bits per heavy atom. The van der Waals surface area contributed by atoms with E-state index in [0.29, 0.717) is 31.2 Å². The number of rotatable bonds is 5. The van der Waals surface area contributed by atoms with Crippen molar-refractivity contribution in [3.8, 4) is 0 Å². The molecule has 0 saturated carbocycles. The third-order valence-electron chi connectivity index (χ3n) is 2.14. The minimum absolute atomic E-state index is 0. The lowest BCUT2D eigenvalue weighted by Gasteiger charge is -2.04. The predicted molar refractivity (Wildman–Crippen MR) is 79.2 cm³/mol. The summed E-state index contributed by atoms with van der Waals surface area (Å²) >= 11 is 0. The van der Waals surface area contributed by atoms with Crippen molar-refractivity contribution in [3.63, 3.8) is 0 Å². The molecule has 5 nitrogen and oxygen atoms in total. The molecule has 0 aliphatic rings. The topological polar surface area (TPSA) is 79.5 Å². The van der Waals surface area contributed by atoms with Crippen LogP contribution < -0.4 is 16.4 Å². The highest BCUT2D eigenvalue weighted by Gasteiger charge is 2.03. The maximum atomic E-state index is 12.6. The Labute approximate surface area is 122 Å². The molecule has 7 heteroatoms. The lowest BCUT2D eigenvalue weighted by molar-refractivity contribution is 0.0955. The SMILES string of the molecule is Br.CCNC(N)=NCCNC(=O)c1ccc(F)cc1. The lowest BCUT2D eigenvalue weighted by Crippen LogP contribution is -2.33. The third-order valence-corrected chi connectivity index (χ3v) is 2.14. The van der Waals surface area contributed by atoms with Crippen LogP contribution in [0.3, 0.4) is 0 Å². The van der Waals surface area contributed by atoms with E-state index in [1.807, 2.05) is 6.92 Å². The number of benzene rings is 1. The number of hydrogen-bond acceptors (Lipinski definition) is 2. The van der Waals surface area contributed by atoms with Crippen LogP contribution in [0.4, 0.5) is 4.39 Å². The number of carbonyl (C=O) groups excluding carboxylic acids is 1. The standard InChI is InChI=1S/C12H17FN4O.BrH/c1-2-15-12(14)17-8-7-16-11(18)9-3-5-10(13)6-4-9;/h3-6H,2,7-8H2,1H3,(H,16,18)(H3,14,15,17);1H. The van der Waals surface area contributed by atoms with Crippen molar-refractivity contribution in [3.05, 3.63) is 35.6 Å². The van der Waals surface area contributed by atoms with Crippen LogP contribution in [0.2, 0.25) is 0 Å². The van der Waals surface area contributed by atoms with Crippen molar-refractivity contribution in [1.29, 1.82) is 0 Å².